The van der Waals surface area contributed by atoms with E-state index in [0.29, 0.717) is 10.8 Å². The van der Waals surface area contributed by atoms with Crippen LogP contribution in [0.2, 0.25) is 5.02 Å². The smallest absolute Gasteiger partial charge is 0.258 e. The summed E-state index contributed by atoms with van der Waals surface area (Å²) in [7, 11) is 0. The maximum atomic E-state index is 11.8. The predicted molar refractivity (Wildman–Crippen MR) is 86.8 cm³/mol. The van der Waals surface area contributed by atoms with Gasteiger partial charge in [0.25, 0.3) is 5.91 Å². The summed E-state index contributed by atoms with van der Waals surface area (Å²) < 4.78 is 5.48. The fraction of sp³-hybridized carbons (Fsp3) is 0.562. The topological polar surface area (TPSA) is 50.4 Å². The van der Waals surface area contributed by atoms with Crippen LogP contribution in [0.25, 0.3) is 0 Å². The summed E-state index contributed by atoms with van der Waals surface area (Å²) in [5, 5.41) is 6.69. The number of hydrogen-bond donors (Lipinski definition) is 2. The van der Waals surface area contributed by atoms with Gasteiger partial charge in [0.1, 0.15) is 5.75 Å². The van der Waals surface area contributed by atoms with E-state index in [1.165, 1.54) is 0 Å². The minimum atomic E-state index is -0.114. The van der Waals surface area contributed by atoms with Gasteiger partial charge in [0.05, 0.1) is 5.02 Å². The molecule has 1 aromatic rings. The minimum absolute atomic E-state index is 0.0111. The molecule has 0 bridgehead atoms. The van der Waals surface area contributed by atoms with Gasteiger partial charge in [-0.1, -0.05) is 38.4 Å². The molecule has 0 aliphatic heterocycles. The molecule has 1 aromatic carbocycles. The summed E-state index contributed by atoms with van der Waals surface area (Å²) in [4.78, 5) is 11.8. The zero-order valence-corrected chi connectivity index (χ0v) is 13.8. The van der Waals surface area contributed by atoms with E-state index in [1.807, 2.05) is 12.1 Å². The lowest BCUT2D eigenvalue weighted by Gasteiger charge is -2.15. The van der Waals surface area contributed by atoms with Crippen LogP contribution in [0, 0.1) is 0 Å². The molecule has 0 aromatic heterocycles. The van der Waals surface area contributed by atoms with Crippen molar-refractivity contribution < 1.29 is 9.53 Å². The third kappa shape index (κ3) is 6.36. The fourth-order valence-electron chi connectivity index (χ4n) is 1.95. The van der Waals surface area contributed by atoms with Gasteiger partial charge in [0.15, 0.2) is 6.61 Å². The molecule has 0 aliphatic rings. The maximum absolute atomic E-state index is 11.8. The maximum Gasteiger partial charge on any atom is 0.258 e. The first kappa shape index (κ1) is 17.8. The van der Waals surface area contributed by atoms with Gasteiger partial charge in [-0.25, -0.2) is 0 Å². The van der Waals surface area contributed by atoms with Gasteiger partial charge in [-0.2, -0.15) is 0 Å². The molecular formula is C16H25ClN2O2. The van der Waals surface area contributed by atoms with Gasteiger partial charge in [-0.3, -0.25) is 4.79 Å². The zero-order chi connectivity index (χ0) is 15.7. The molecule has 1 rings (SSSR count). The molecular weight excluding hydrogens is 288 g/mol. The molecule has 0 heterocycles. The number of hydrogen-bond acceptors (Lipinski definition) is 3. The third-order valence-corrected chi connectivity index (χ3v) is 3.58. The van der Waals surface area contributed by atoms with Crippen molar-refractivity contribution in [3.05, 3.63) is 28.8 Å². The minimum Gasteiger partial charge on any atom is -0.482 e. The fourth-order valence-corrected chi connectivity index (χ4v) is 2.20. The Kier molecular flexibility index (Phi) is 8.16. The quantitative estimate of drug-likeness (QED) is 0.736. The molecule has 1 amide bonds. The van der Waals surface area contributed by atoms with Crippen LogP contribution in [0.3, 0.4) is 0 Å². The van der Waals surface area contributed by atoms with Crippen molar-refractivity contribution in [3.8, 4) is 5.75 Å². The van der Waals surface area contributed by atoms with E-state index in [1.54, 1.807) is 6.07 Å². The summed E-state index contributed by atoms with van der Waals surface area (Å²) in [6.45, 7) is 7.82. The predicted octanol–water partition coefficient (Wildman–Crippen LogP) is 3.13. The summed E-state index contributed by atoms with van der Waals surface area (Å²) in [5.41, 5.74) is 1.09. The molecule has 0 atom stereocenters. The molecule has 118 valence electrons. The van der Waals surface area contributed by atoms with E-state index < -0.39 is 0 Å². The lowest BCUT2D eigenvalue weighted by Crippen LogP contribution is -2.37. The number of carbonyl (C=O) groups excluding carboxylic acids is 1. The third-order valence-electron chi connectivity index (χ3n) is 3.28. The van der Waals surface area contributed by atoms with Gasteiger partial charge >= 0.3 is 0 Å². The van der Waals surface area contributed by atoms with E-state index in [-0.39, 0.29) is 18.6 Å². The van der Waals surface area contributed by atoms with Crippen LogP contribution in [0.5, 0.6) is 5.75 Å². The lowest BCUT2D eigenvalue weighted by atomic mass is 10.2. The molecule has 0 radical (unpaired) electrons. The molecule has 0 unspecified atom stereocenters. The van der Waals surface area contributed by atoms with Crippen molar-refractivity contribution in [3.63, 3.8) is 0 Å². The second-order valence-corrected chi connectivity index (χ2v) is 5.32. The van der Waals surface area contributed by atoms with E-state index in [2.05, 4.69) is 31.4 Å². The number of amides is 1. The number of nitrogens with one attached hydrogen (secondary N) is 2. The van der Waals surface area contributed by atoms with E-state index >= 15 is 0 Å². The van der Waals surface area contributed by atoms with Crippen molar-refractivity contribution in [2.24, 2.45) is 0 Å². The molecule has 2 N–H and O–H groups in total. The molecule has 21 heavy (non-hydrogen) atoms. The number of carbonyl (C=O) groups is 1. The van der Waals surface area contributed by atoms with Crippen LogP contribution in [-0.2, 0) is 11.3 Å². The molecule has 4 nitrogen and oxygen atoms in total. The first-order chi connectivity index (χ1) is 10.1. The zero-order valence-electron chi connectivity index (χ0n) is 13.0. The average molecular weight is 313 g/mol. The molecule has 0 spiro atoms. The Balaban J connectivity index is 2.49. The van der Waals surface area contributed by atoms with Gasteiger partial charge in [0.2, 0.25) is 0 Å². The first-order valence-electron chi connectivity index (χ1n) is 7.51. The largest absolute Gasteiger partial charge is 0.482 e. The van der Waals surface area contributed by atoms with Crippen molar-refractivity contribution in [2.75, 3.05) is 13.2 Å². The number of rotatable bonds is 9. The number of ether oxygens (including phenoxy) is 1. The van der Waals surface area contributed by atoms with Crippen molar-refractivity contribution >= 4 is 17.5 Å². The summed E-state index contributed by atoms with van der Waals surface area (Å²) in [6.07, 6.45) is 1.84. The second kappa shape index (κ2) is 9.64. The van der Waals surface area contributed by atoms with Gasteiger partial charge in [0, 0.05) is 12.6 Å². The lowest BCUT2D eigenvalue weighted by molar-refractivity contribution is -0.123. The number of halogens is 1. The SMILES string of the molecule is CCNCc1ccc(OCC(=O)NC(CC)CC)c(Cl)c1. The van der Waals surface area contributed by atoms with Gasteiger partial charge in [-0.15, -0.1) is 0 Å². The molecule has 0 saturated carbocycles. The summed E-state index contributed by atoms with van der Waals surface area (Å²) in [5.74, 6) is 0.424. The standard InChI is InChI=1S/C16H25ClN2O2/c1-4-13(5-2)19-16(20)11-21-15-8-7-12(9-14(15)17)10-18-6-3/h7-9,13,18H,4-6,10-11H2,1-3H3,(H,19,20). The highest BCUT2D eigenvalue weighted by atomic mass is 35.5. The van der Waals surface area contributed by atoms with E-state index in [4.69, 9.17) is 16.3 Å². The Bertz CT molecular complexity index is 448. The van der Waals surface area contributed by atoms with E-state index in [0.717, 1.165) is 31.5 Å². The Morgan fingerprint density at radius 1 is 1.29 bits per heavy atom. The first-order valence-corrected chi connectivity index (χ1v) is 7.89. The van der Waals surface area contributed by atoms with Crippen molar-refractivity contribution in [1.82, 2.24) is 10.6 Å². The second-order valence-electron chi connectivity index (χ2n) is 4.91. The summed E-state index contributed by atoms with van der Waals surface area (Å²) >= 11 is 6.17. The van der Waals surface area contributed by atoms with E-state index in [9.17, 15) is 4.79 Å². The highest BCUT2D eigenvalue weighted by Gasteiger charge is 2.10. The van der Waals surface area contributed by atoms with Crippen LogP contribution in [0.1, 0.15) is 39.2 Å². The van der Waals surface area contributed by atoms with Crippen LogP contribution in [0.15, 0.2) is 18.2 Å². The monoisotopic (exact) mass is 312 g/mol. The van der Waals surface area contributed by atoms with Gasteiger partial charge in [-0.05, 0) is 37.1 Å². The van der Waals surface area contributed by atoms with Crippen LogP contribution in [-0.4, -0.2) is 25.1 Å². The molecule has 0 aliphatic carbocycles. The Labute approximate surface area is 132 Å². The Morgan fingerprint density at radius 2 is 2.00 bits per heavy atom. The van der Waals surface area contributed by atoms with Crippen molar-refractivity contribution in [2.45, 2.75) is 46.2 Å². The van der Waals surface area contributed by atoms with Crippen molar-refractivity contribution in [1.29, 1.82) is 0 Å². The van der Waals surface area contributed by atoms with Crippen LogP contribution < -0.4 is 15.4 Å². The van der Waals surface area contributed by atoms with Crippen LogP contribution in [0.4, 0.5) is 0 Å². The normalized spacial score (nSPS) is 10.7. The average Bonchev–Trinajstić information content (AvgIpc) is 2.49. The summed E-state index contributed by atoms with van der Waals surface area (Å²) in [6, 6.07) is 5.82. The number of benzene rings is 1. The van der Waals surface area contributed by atoms with Crippen LogP contribution >= 0.6 is 11.6 Å². The Morgan fingerprint density at radius 3 is 2.57 bits per heavy atom. The molecule has 5 heteroatoms. The highest BCUT2D eigenvalue weighted by Crippen LogP contribution is 2.25. The molecule has 0 fully saturated rings. The Hall–Kier alpha value is -1.26. The molecule has 0 saturated heterocycles. The highest BCUT2D eigenvalue weighted by molar-refractivity contribution is 6.32. The van der Waals surface area contributed by atoms with Gasteiger partial charge < -0.3 is 15.4 Å².